The lowest BCUT2D eigenvalue weighted by Crippen LogP contribution is -2.32. The van der Waals surface area contributed by atoms with E-state index in [0.717, 1.165) is 6.42 Å². The Kier molecular flexibility index (Phi) is 6.09. The van der Waals surface area contributed by atoms with E-state index < -0.39 is 0 Å². The average molecular weight is 220 g/mol. The molecule has 0 bridgehead atoms. The summed E-state index contributed by atoms with van der Waals surface area (Å²) in [7, 11) is 0. The molecule has 0 saturated heterocycles. The molecular weight excluding hydrogens is 196 g/mol. The first-order valence-electron chi connectivity index (χ1n) is 6.47. The summed E-state index contributed by atoms with van der Waals surface area (Å²) >= 11 is 0. The van der Waals surface area contributed by atoms with Crippen molar-refractivity contribution < 1.29 is 0 Å². The van der Waals surface area contributed by atoms with Gasteiger partial charge in [0.1, 0.15) is 0 Å². The monoisotopic (exact) mass is 220 g/mol. The van der Waals surface area contributed by atoms with Gasteiger partial charge >= 0.3 is 0 Å². The van der Waals surface area contributed by atoms with E-state index in [2.05, 4.69) is 43.2 Å². The maximum Gasteiger partial charge on any atom is 0.0321 e. The molecule has 0 aliphatic heterocycles. The Morgan fingerprint density at radius 1 is 1.12 bits per heavy atom. The third-order valence-electron chi connectivity index (χ3n) is 3.08. The van der Waals surface area contributed by atoms with Crippen molar-refractivity contribution in [2.45, 2.75) is 58.5 Å². The minimum atomic E-state index is 0.472. The van der Waals surface area contributed by atoms with Crippen molar-refractivity contribution in [2.75, 3.05) is 0 Å². The van der Waals surface area contributed by atoms with Crippen molar-refractivity contribution in [3.63, 3.8) is 0 Å². The second-order valence-corrected chi connectivity index (χ2v) is 4.30. The minimum Gasteiger partial charge on any atom is -0.307 e. The van der Waals surface area contributed by atoms with E-state index in [1.807, 2.05) is 12.4 Å². The molecule has 16 heavy (non-hydrogen) atoms. The standard InChI is InChI=1S/C14H24N2/c1-4-7-13(5-2)16-14(6-3)12-8-10-15-11-9-12/h8-11,13-14,16H,4-7H2,1-3H3. The number of aromatic nitrogens is 1. The number of hydrogen-bond donors (Lipinski definition) is 1. The highest BCUT2D eigenvalue weighted by molar-refractivity contribution is 5.14. The Morgan fingerprint density at radius 3 is 2.31 bits per heavy atom. The van der Waals surface area contributed by atoms with Crippen molar-refractivity contribution in [1.29, 1.82) is 0 Å². The molecule has 0 radical (unpaired) electrons. The van der Waals surface area contributed by atoms with Gasteiger partial charge in [-0.1, -0.05) is 27.2 Å². The van der Waals surface area contributed by atoms with E-state index in [-0.39, 0.29) is 0 Å². The van der Waals surface area contributed by atoms with Crippen molar-refractivity contribution >= 4 is 0 Å². The zero-order chi connectivity index (χ0) is 11.8. The molecule has 2 unspecified atom stereocenters. The Bertz CT molecular complexity index is 271. The minimum absolute atomic E-state index is 0.472. The Labute approximate surface area is 99.5 Å². The first-order valence-corrected chi connectivity index (χ1v) is 6.47. The summed E-state index contributed by atoms with van der Waals surface area (Å²) in [6.07, 6.45) is 8.59. The molecule has 1 N–H and O–H groups in total. The van der Waals surface area contributed by atoms with Crippen molar-refractivity contribution in [2.24, 2.45) is 0 Å². The summed E-state index contributed by atoms with van der Waals surface area (Å²) in [5.74, 6) is 0. The third kappa shape index (κ3) is 3.93. The first kappa shape index (κ1) is 13.2. The molecule has 2 heteroatoms. The van der Waals surface area contributed by atoms with Crippen LogP contribution in [0.15, 0.2) is 24.5 Å². The summed E-state index contributed by atoms with van der Waals surface area (Å²) < 4.78 is 0. The van der Waals surface area contributed by atoms with Crippen molar-refractivity contribution in [3.8, 4) is 0 Å². The van der Waals surface area contributed by atoms with Gasteiger partial charge in [-0.15, -0.1) is 0 Å². The number of rotatable bonds is 7. The molecule has 2 nitrogen and oxygen atoms in total. The molecule has 1 rings (SSSR count). The van der Waals surface area contributed by atoms with Gasteiger partial charge in [-0.25, -0.2) is 0 Å². The number of hydrogen-bond acceptors (Lipinski definition) is 2. The van der Waals surface area contributed by atoms with Crippen LogP contribution in [0.4, 0.5) is 0 Å². The lowest BCUT2D eigenvalue weighted by molar-refractivity contribution is 0.394. The molecule has 0 aliphatic carbocycles. The number of nitrogens with one attached hydrogen (secondary N) is 1. The second kappa shape index (κ2) is 7.39. The lowest BCUT2D eigenvalue weighted by Gasteiger charge is -2.24. The van der Waals surface area contributed by atoms with Crippen LogP contribution in [0.1, 0.15) is 58.1 Å². The van der Waals surface area contributed by atoms with Crippen LogP contribution in [0, 0.1) is 0 Å². The molecule has 0 amide bonds. The van der Waals surface area contributed by atoms with Crippen LogP contribution in [0.2, 0.25) is 0 Å². The van der Waals surface area contributed by atoms with E-state index in [0.29, 0.717) is 12.1 Å². The summed E-state index contributed by atoms with van der Waals surface area (Å²) in [5.41, 5.74) is 1.35. The van der Waals surface area contributed by atoms with Gasteiger partial charge in [-0.2, -0.15) is 0 Å². The summed E-state index contributed by atoms with van der Waals surface area (Å²) in [6, 6.07) is 5.34. The number of pyridine rings is 1. The summed E-state index contributed by atoms with van der Waals surface area (Å²) in [5, 5.41) is 3.74. The number of nitrogens with zero attached hydrogens (tertiary/aromatic N) is 1. The van der Waals surface area contributed by atoms with Gasteiger partial charge in [0.25, 0.3) is 0 Å². The molecule has 0 saturated carbocycles. The smallest absolute Gasteiger partial charge is 0.0321 e. The van der Waals surface area contributed by atoms with Gasteiger partial charge in [0.05, 0.1) is 0 Å². The van der Waals surface area contributed by atoms with Crippen LogP contribution in [0.5, 0.6) is 0 Å². The van der Waals surface area contributed by atoms with E-state index in [4.69, 9.17) is 0 Å². The maximum atomic E-state index is 4.07. The van der Waals surface area contributed by atoms with E-state index in [9.17, 15) is 0 Å². The molecule has 0 fully saturated rings. The summed E-state index contributed by atoms with van der Waals surface area (Å²) in [4.78, 5) is 4.07. The third-order valence-corrected chi connectivity index (χ3v) is 3.08. The van der Waals surface area contributed by atoms with Gasteiger partial charge in [-0.05, 0) is 37.0 Å². The van der Waals surface area contributed by atoms with Gasteiger partial charge in [0, 0.05) is 24.5 Å². The molecular formula is C14H24N2. The SMILES string of the molecule is CCCC(CC)NC(CC)c1ccncc1. The second-order valence-electron chi connectivity index (χ2n) is 4.30. The van der Waals surface area contributed by atoms with Gasteiger partial charge in [-0.3, -0.25) is 4.98 Å². The molecule has 0 aliphatic rings. The summed E-state index contributed by atoms with van der Waals surface area (Å²) in [6.45, 7) is 6.74. The molecule has 0 aromatic carbocycles. The molecule has 1 aromatic heterocycles. The van der Waals surface area contributed by atoms with Crippen LogP contribution in [-0.2, 0) is 0 Å². The zero-order valence-corrected chi connectivity index (χ0v) is 10.7. The van der Waals surface area contributed by atoms with Crippen molar-refractivity contribution in [1.82, 2.24) is 10.3 Å². The van der Waals surface area contributed by atoms with Gasteiger partial charge in [0.2, 0.25) is 0 Å². The Morgan fingerprint density at radius 2 is 1.81 bits per heavy atom. The predicted molar refractivity (Wildman–Crippen MR) is 69.4 cm³/mol. The van der Waals surface area contributed by atoms with Crippen molar-refractivity contribution in [3.05, 3.63) is 30.1 Å². The molecule has 90 valence electrons. The largest absolute Gasteiger partial charge is 0.307 e. The highest BCUT2D eigenvalue weighted by Gasteiger charge is 2.13. The highest BCUT2D eigenvalue weighted by Crippen LogP contribution is 2.17. The molecule has 1 heterocycles. The fourth-order valence-corrected chi connectivity index (χ4v) is 2.08. The van der Waals surface area contributed by atoms with E-state index in [1.54, 1.807) is 0 Å². The van der Waals surface area contributed by atoms with Crippen LogP contribution in [-0.4, -0.2) is 11.0 Å². The topological polar surface area (TPSA) is 24.9 Å². The maximum absolute atomic E-state index is 4.07. The van der Waals surface area contributed by atoms with Gasteiger partial charge < -0.3 is 5.32 Å². The molecule has 1 aromatic rings. The van der Waals surface area contributed by atoms with E-state index in [1.165, 1.54) is 24.8 Å². The first-order chi connectivity index (χ1) is 7.81. The predicted octanol–water partition coefficient (Wildman–Crippen LogP) is 3.70. The van der Waals surface area contributed by atoms with Crippen LogP contribution < -0.4 is 5.32 Å². The lowest BCUT2D eigenvalue weighted by atomic mass is 10.0. The molecule has 2 atom stereocenters. The van der Waals surface area contributed by atoms with Crippen LogP contribution in [0.25, 0.3) is 0 Å². The average Bonchev–Trinajstić information content (AvgIpc) is 2.35. The fraction of sp³-hybridized carbons (Fsp3) is 0.643. The highest BCUT2D eigenvalue weighted by atomic mass is 14.9. The Balaban J connectivity index is 2.61. The Hall–Kier alpha value is -0.890. The fourth-order valence-electron chi connectivity index (χ4n) is 2.08. The van der Waals surface area contributed by atoms with Crippen LogP contribution >= 0.6 is 0 Å². The zero-order valence-electron chi connectivity index (χ0n) is 10.7. The quantitative estimate of drug-likeness (QED) is 0.758. The van der Waals surface area contributed by atoms with Gasteiger partial charge in [0.15, 0.2) is 0 Å². The molecule has 0 spiro atoms. The van der Waals surface area contributed by atoms with Crippen LogP contribution in [0.3, 0.4) is 0 Å². The normalized spacial score (nSPS) is 14.7. The van der Waals surface area contributed by atoms with E-state index >= 15 is 0 Å².